The highest BCUT2D eigenvalue weighted by atomic mass is 35.5. The molecule has 0 aromatic heterocycles. The number of hydrogen-bond acceptors (Lipinski definition) is 2. The Labute approximate surface area is 113 Å². The normalized spacial score (nSPS) is 26.5. The first kappa shape index (κ1) is 13.3. The molecule has 96 valence electrons. The van der Waals surface area contributed by atoms with Crippen molar-refractivity contribution in [1.82, 2.24) is 0 Å². The van der Waals surface area contributed by atoms with Gasteiger partial charge in [0.2, 0.25) is 0 Å². The first-order valence-electron chi connectivity index (χ1n) is 6.09. The van der Waals surface area contributed by atoms with Crippen LogP contribution in [0.5, 0.6) is 0 Å². The van der Waals surface area contributed by atoms with E-state index in [0.29, 0.717) is 13.2 Å². The van der Waals surface area contributed by atoms with E-state index < -0.39 is 5.06 Å². The van der Waals surface area contributed by atoms with Gasteiger partial charge in [0.15, 0.2) is 5.06 Å². The van der Waals surface area contributed by atoms with Gasteiger partial charge in [-0.1, -0.05) is 54.1 Å². The molecule has 2 atom stereocenters. The summed E-state index contributed by atoms with van der Waals surface area (Å²) >= 11 is 6.50. The van der Waals surface area contributed by atoms with Crippen molar-refractivity contribution in [2.24, 2.45) is 11.7 Å². The summed E-state index contributed by atoms with van der Waals surface area (Å²) < 4.78 is 5.89. The van der Waals surface area contributed by atoms with Gasteiger partial charge in [-0.15, -0.1) is 0 Å². The molecule has 0 aliphatic heterocycles. The SMILES string of the molecule is Cc1ccccc1COC1(Cl)C=CC=CC1CN. The van der Waals surface area contributed by atoms with Crippen molar-refractivity contribution in [3.8, 4) is 0 Å². The van der Waals surface area contributed by atoms with Gasteiger partial charge in [0.05, 0.1) is 6.61 Å². The largest absolute Gasteiger partial charge is 0.351 e. The van der Waals surface area contributed by atoms with Crippen LogP contribution in [0, 0.1) is 12.8 Å². The molecule has 0 spiro atoms. The number of rotatable bonds is 4. The average molecular weight is 264 g/mol. The Morgan fingerprint density at radius 2 is 2.11 bits per heavy atom. The fourth-order valence-electron chi connectivity index (χ4n) is 1.99. The van der Waals surface area contributed by atoms with Crippen LogP contribution in [0.15, 0.2) is 48.6 Å². The predicted molar refractivity (Wildman–Crippen MR) is 75.4 cm³/mol. The molecule has 1 aliphatic carbocycles. The van der Waals surface area contributed by atoms with Crippen molar-refractivity contribution < 1.29 is 4.74 Å². The van der Waals surface area contributed by atoms with Crippen molar-refractivity contribution in [2.45, 2.75) is 18.6 Å². The third-order valence-corrected chi connectivity index (χ3v) is 3.76. The second kappa shape index (κ2) is 5.70. The molecular weight excluding hydrogens is 246 g/mol. The van der Waals surface area contributed by atoms with Crippen LogP contribution in [0.1, 0.15) is 11.1 Å². The number of alkyl halides is 1. The van der Waals surface area contributed by atoms with Crippen molar-refractivity contribution in [3.05, 3.63) is 59.7 Å². The molecule has 0 heterocycles. The summed E-state index contributed by atoms with van der Waals surface area (Å²) in [5.74, 6) is 0.00758. The lowest BCUT2D eigenvalue weighted by atomic mass is 9.97. The highest BCUT2D eigenvalue weighted by molar-refractivity contribution is 6.24. The maximum Gasteiger partial charge on any atom is 0.168 e. The zero-order valence-corrected chi connectivity index (χ0v) is 11.2. The number of nitrogens with two attached hydrogens (primary N) is 1. The van der Waals surface area contributed by atoms with Gasteiger partial charge in [0.1, 0.15) is 0 Å². The quantitative estimate of drug-likeness (QED) is 0.847. The standard InChI is InChI=1S/C15H18ClNO/c1-12-6-2-3-7-13(12)11-18-15(16)9-5-4-8-14(15)10-17/h2-9,14H,10-11,17H2,1H3. The van der Waals surface area contributed by atoms with Crippen LogP contribution in [0.3, 0.4) is 0 Å². The van der Waals surface area contributed by atoms with E-state index in [9.17, 15) is 0 Å². The number of benzene rings is 1. The molecule has 2 unspecified atom stereocenters. The van der Waals surface area contributed by atoms with Gasteiger partial charge in [-0.05, 0) is 24.1 Å². The predicted octanol–water partition coefficient (Wildman–Crippen LogP) is 3.15. The Hall–Kier alpha value is -1.09. The highest BCUT2D eigenvalue weighted by Gasteiger charge is 2.34. The third-order valence-electron chi connectivity index (χ3n) is 3.25. The zero-order valence-electron chi connectivity index (χ0n) is 10.5. The van der Waals surface area contributed by atoms with Crippen molar-refractivity contribution >= 4 is 11.6 Å². The summed E-state index contributed by atoms with van der Waals surface area (Å²) in [5, 5.41) is -0.828. The monoisotopic (exact) mass is 263 g/mol. The molecule has 3 heteroatoms. The van der Waals surface area contributed by atoms with Crippen molar-refractivity contribution in [1.29, 1.82) is 0 Å². The second-order valence-corrected chi connectivity index (χ2v) is 5.09. The first-order chi connectivity index (χ1) is 8.65. The summed E-state index contributed by atoms with van der Waals surface area (Å²) in [5.41, 5.74) is 8.08. The fraction of sp³-hybridized carbons (Fsp3) is 0.333. The fourth-order valence-corrected chi connectivity index (χ4v) is 2.28. The summed E-state index contributed by atoms with van der Waals surface area (Å²) in [4.78, 5) is 0. The smallest absolute Gasteiger partial charge is 0.168 e. The van der Waals surface area contributed by atoms with Gasteiger partial charge in [-0.3, -0.25) is 0 Å². The molecule has 1 aromatic carbocycles. The maximum absolute atomic E-state index is 6.50. The van der Waals surface area contributed by atoms with Crippen LogP contribution < -0.4 is 5.73 Å². The van der Waals surface area contributed by atoms with Crippen molar-refractivity contribution in [2.75, 3.05) is 6.54 Å². The van der Waals surface area contributed by atoms with Crippen LogP contribution in [-0.4, -0.2) is 11.6 Å². The molecule has 1 aliphatic rings. The number of ether oxygens (including phenoxy) is 1. The molecule has 2 N–H and O–H groups in total. The molecular formula is C15H18ClNO. The Morgan fingerprint density at radius 1 is 1.33 bits per heavy atom. The maximum atomic E-state index is 6.50. The van der Waals surface area contributed by atoms with Crippen LogP contribution in [0.25, 0.3) is 0 Å². The van der Waals surface area contributed by atoms with Crippen molar-refractivity contribution in [3.63, 3.8) is 0 Å². The Morgan fingerprint density at radius 3 is 2.83 bits per heavy atom. The van der Waals surface area contributed by atoms with Crippen LogP contribution in [-0.2, 0) is 11.3 Å². The summed E-state index contributed by atoms with van der Waals surface area (Å²) in [6.45, 7) is 3.03. The van der Waals surface area contributed by atoms with Gasteiger partial charge < -0.3 is 10.5 Å². The van der Waals surface area contributed by atoms with E-state index in [1.807, 2.05) is 36.4 Å². The molecule has 0 saturated carbocycles. The number of halogens is 1. The Balaban J connectivity index is 2.07. The van der Waals surface area contributed by atoms with E-state index in [0.717, 1.165) is 5.56 Å². The zero-order chi connectivity index (χ0) is 13.0. The lowest BCUT2D eigenvalue weighted by Crippen LogP contribution is -2.37. The minimum absolute atomic E-state index is 0.00758. The molecule has 2 nitrogen and oxygen atoms in total. The lowest BCUT2D eigenvalue weighted by Gasteiger charge is -2.32. The van der Waals surface area contributed by atoms with Gasteiger partial charge >= 0.3 is 0 Å². The van der Waals surface area contributed by atoms with Crippen LogP contribution in [0.4, 0.5) is 0 Å². The van der Waals surface area contributed by atoms with Gasteiger partial charge in [0, 0.05) is 12.5 Å². The summed E-state index contributed by atoms with van der Waals surface area (Å²) in [6, 6.07) is 8.14. The molecule has 0 amide bonds. The number of hydrogen-bond donors (Lipinski definition) is 1. The Kier molecular flexibility index (Phi) is 4.23. The van der Waals surface area contributed by atoms with E-state index in [2.05, 4.69) is 19.1 Å². The highest BCUT2D eigenvalue weighted by Crippen LogP contribution is 2.33. The van der Waals surface area contributed by atoms with Gasteiger partial charge in [-0.25, -0.2) is 0 Å². The molecule has 18 heavy (non-hydrogen) atoms. The van der Waals surface area contributed by atoms with Gasteiger partial charge in [-0.2, -0.15) is 0 Å². The van der Waals surface area contributed by atoms with Gasteiger partial charge in [0.25, 0.3) is 0 Å². The van der Waals surface area contributed by atoms with Crippen LogP contribution in [0.2, 0.25) is 0 Å². The summed E-state index contributed by atoms with van der Waals surface area (Å²) in [7, 11) is 0. The number of aryl methyl sites for hydroxylation is 1. The second-order valence-electron chi connectivity index (χ2n) is 4.50. The topological polar surface area (TPSA) is 35.2 Å². The van der Waals surface area contributed by atoms with Crippen LogP contribution >= 0.6 is 11.6 Å². The minimum atomic E-state index is -0.828. The summed E-state index contributed by atoms with van der Waals surface area (Å²) in [6.07, 6.45) is 7.71. The molecule has 0 saturated heterocycles. The van der Waals surface area contributed by atoms with E-state index in [-0.39, 0.29) is 5.92 Å². The average Bonchev–Trinajstić information content (AvgIpc) is 2.38. The first-order valence-corrected chi connectivity index (χ1v) is 6.47. The molecule has 1 aromatic rings. The lowest BCUT2D eigenvalue weighted by molar-refractivity contribution is 0.0140. The molecule has 0 fully saturated rings. The van der Waals surface area contributed by atoms with E-state index in [1.165, 1.54) is 5.56 Å². The third kappa shape index (κ3) is 2.83. The number of allylic oxidation sites excluding steroid dienone is 2. The molecule has 0 bridgehead atoms. The molecule has 0 radical (unpaired) electrons. The van der Waals surface area contributed by atoms with E-state index in [4.69, 9.17) is 22.1 Å². The molecule has 2 rings (SSSR count). The minimum Gasteiger partial charge on any atom is -0.351 e. The van der Waals surface area contributed by atoms with E-state index in [1.54, 1.807) is 0 Å². The van der Waals surface area contributed by atoms with E-state index >= 15 is 0 Å². The Bertz CT molecular complexity index is 469.